The largest absolute Gasteiger partial charge is 0.481 e. The summed E-state index contributed by atoms with van der Waals surface area (Å²) in [6.07, 6.45) is 1.79. The van der Waals surface area contributed by atoms with E-state index < -0.39 is 5.97 Å². The number of rotatable bonds is 4. The van der Waals surface area contributed by atoms with Crippen molar-refractivity contribution in [1.82, 2.24) is 10.6 Å². The van der Waals surface area contributed by atoms with E-state index in [0.29, 0.717) is 0 Å². The van der Waals surface area contributed by atoms with Crippen LogP contribution < -0.4 is 10.6 Å². The highest BCUT2D eigenvalue weighted by molar-refractivity contribution is 5.83. The lowest BCUT2D eigenvalue weighted by Crippen LogP contribution is -2.50. The number of carboxylic acid groups (broad SMARTS) is 1. The van der Waals surface area contributed by atoms with E-state index in [1.807, 2.05) is 20.8 Å². The number of carboxylic acids is 1. The van der Waals surface area contributed by atoms with Crippen molar-refractivity contribution in [2.24, 2.45) is 5.41 Å². The predicted octanol–water partition coefficient (Wildman–Crippen LogP) is 0.744. The molecular formula is C12H22N2O3. The van der Waals surface area contributed by atoms with Gasteiger partial charge in [0.1, 0.15) is 0 Å². The van der Waals surface area contributed by atoms with Crippen LogP contribution in [0.3, 0.4) is 0 Å². The van der Waals surface area contributed by atoms with Crippen molar-refractivity contribution in [3.63, 3.8) is 0 Å². The summed E-state index contributed by atoms with van der Waals surface area (Å²) in [6, 6.07) is -0.497. The van der Waals surface area contributed by atoms with Gasteiger partial charge in [0.2, 0.25) is 5.91 Å². The van der Waals surface area contributed by atoms with Gasteiger partial charge < -0.3 is 15.7 Å². The molecule has 2 atom stereocenters. The van der Waals surface area contributed by atoms with Crippen LogP contribution in [0.5, 0.6) is 0 Å². The van der Waals surface area contributed by atoms with Crippen molar-refractivity contribution < 1.29 is 14.7 Å². The molecule has 0 spiro atoms. The first-order chi connectivity index (χ1) is 7.80. The summed E-state index contributed by atoms with van der Waals surface area (Å²) < 4.78 is 0. The molecule has 1 fully saturated rings. The number of nitrogens with one attached hydrogen (secondary N) is 2. The molecule has 3 N–H and O–H groups in total. The summed E-state index contributed by atoms with van der Waals surface area (Å²) >= 11 is 0. The SMILES string of the molecule is CC(C)(C)C(CC(=O)O)NC(=O)[C@H]1CCCN1. The van der Waals surface area contributed by atoms with Crippen LogP contribution in [0, 0.1) is 5.41 Å². The van der Waals surface area contributed by atoms with E-state index in [4.69, 9.17) is 5.11 Å². The predicted molar refractivity (Wildman–Crippen MR) is 64.7 cm³/mol. The van der Waals surface area contributed by atoms with Gasteiger partial charge in [-0.05, 0) is 24.8 Å². The maximum Gasteiger partial charge on any atom is 0.305 e. The maximum atomic E-state index is 11.9. The molecule has 0 aromatic rings. The van der Waals surface area contributed by atoms with Gasteiger partial charge in [-0.2, -0.15) is 0 Å². The van der Waals surface area contributed by atoms with Gasteiger partial charge in [-0.25, -0.2) is 0 Å². The molecule has 1 heterocycles. The van der Waals surface area contributed by atoms with Crippen molar-refractivity contribution >= 4 is 11.9 Å². The first-order valence-electron chi connectivity index (χ1n) is 6.06. The summed E-state index contributed by atoms with van der Waals surface area (Å²) in [5, 5.41) is 14.8. The number of amides is 1. The quantitative estimate of drug-likeness (QED) is 0.679. The van der Waals surface area contributed by atoms with Crippen LogP contribution in [-0.2, 0) is 9.59 Å². The van der Waals surface area contributed by atoms with Crippen LogP contribution in [-0.4, -0.2) is 35.6 Å². The molecule has 0 aromatic carbocycles. The lowest BCUT2D eigenvalue weighted by molar-refractivity contribution is -0.138. The van der Waals surface area contributed by atoms with Crippen LogP contribution >= 0.6 is 0 Å². The highest BCUT2D eigenvalue weighted by atomic mass is 16.4. The van der Waals surface area contributed by atoms with Crippen LogP contribution in [0.2, 0.25) is 0 Å². The standard InChI is InChI=1S/C12H22N2O3/c1-12(2,3)9(7-10(15)16)14-11(17)8-5-4-6-13-8/h8-9,13H,4-7H2,1-3H3,(H,14,17)(H,15,16)/t8-,9?/m1/s1. The Morgan fingerprint density at radius 2 is 2.12 bits per heavy atom. The highest BCUT2D eigenvalue weighted by Gasteiger charge is 2.31. The van der Waals surface area contributed by atoms with Gasteiger partial charge in [0.15, 0.2) is 0 Å². The van der Waals surface area contributed by atoms with Crippen molar-refractivity contribution in [2.45, 2.75) is 52.1 Å². The smallest absolute Gasteiger partial charge is 0.305 e. The lowest BCUT2D eigenvalue weighted by atomic mass is 9.84. The fourth-order valence-electron chi connectivity index (χ4n) is 1.93. The molecule has 98 valence electrons. The van der Waals surface area contributed by atoms with Gasteiger partial charge in [-0.15, -0.1) is 0 Å². The van der Waals surface area contributed by atoms with E-state index >= 15 is 0 Å². The van der Waals surface area contributed by atoms with Gasteiger partial charge in [0.05, 0.1) is 12.5 Å². The molecule has 1 aliphatic rings. The normalized spacial score (nSPS) is 22.2. The molecule has 0 aromatic heterocycles. The lowest BCUT2D eigenvalue weighted by Gasteiger charge is -2.31. The number of carbonyl (C=O) groups excluding carboxylic acids is 1. The Morgan fingerprint density at radius 1 is 1.47 bits per heavy atom. The van der Waals surface area contributed by atoms with Crippen LogP contribution in [0.1, 0.15) is 40.0 Å². The van der Waals surface area contributed by atoms with Crippen molar-refractivity contribution in [2.75, 3.05) is 6.54 Å². The molecule has 1 unspecified atom stereocenters. The number of hydrogen-bond donors (Lipinski definition) is 3. The Hall–Kier alpha value is -1.10. The first-order valence-corrected chi connectivity index (χ1v) is 6.06. The monoisotopic (exact) mass is 242 g/mol. The minimum atomic E-state index is -0.885. The summed E-state index contributed by atoms with van der Waals surface area (Å²) in [6.45, 7) is 6.66. The number of hydrogen-bond acceptors (Lipinski definition) is 3. The second-order valence-electron chi connectivity index (χ2n) is 5.67. The van der Waals surface area contributed by atoms with Gasteiger partial charge in [-0.3, -0.25) is 9.59 Å². The zero-order valence-corrected chi connectivity index (χ0v) is 10.7. The third-order valence-corrected chi connectivity index (χ3v) is 3.12. The Bertz CT molecular complexity index is 291. The molecule has 17 heavy (non-hydrogen) atoms. The Kier molecular flexibility index (Phi) is 4.51. The van der Waals surface area contributed by atoms with Crippen LogP contribution in [0.15, 0.2) is 0 Å². The molecule has 0 bridgehead atoms. The molecular weight excluding hydrogens is 220 g/mol. The maximum absolute atomic E-state index is 11.9. The first kappa shape index (κ1) is 14.0. The minimum Gasteiger partial charge on any atom is -0.481 e. The molecule has 1 saturated heterocycles. The minimum absolute atomic E-state index is 0.0397. The van der Waals surface area contributed by atoms with Gasteiger partial charge >= 0.3 is 5.97 Å². The summed E-state index contributed by atoms with van der Waals surface area (Å²) in [5.41, 5.74) is -0.257. The molecule has 0 radical (unpaired) electrons. The van der Waals surface area contributed by atoms with E-state index in [-0.39, 0.29) is 29.8 Å². The van der Waals surface area contributed by atoms with E-state index in [1.54, 1.807) is 0 Å². The third kappa shape index (κ3) is 4.34. The molecule has 0 saturated carbocycles. The van der Waals surface area contributed by atoms with Crippen molar-refractivity contribution in [3.05, 3.63) is 0 Å². The van der Waals surface area contributed by atoms with Gasteiger partial charge in [0, 0.05) is 6.04 Å². The van der Waals surface area contributed by atoms with E-state index in [1.165, 1.54) is 0 Å². The number of carbonyl (C=O) groups is 2. The second kappa shape index (κ2) is 5.49. The molecule has 5 heteroatoms. The second-order valence-corrected chi connectivity index (χ2v) is 5.67. The average molecular weight is 242 g/mol. The summed E-state index contributed by atoms with van der Waals surface area (Å²) in [7, 11) is 0. The number of aliphatic carboxylic acids is 1. The van der Waals surface area contributed by atoms with Gasteiger partial charge in [0.25, 0.3) is 0 Å². The van der Waals surface area contributed by atoms with E-state index in [0.717, 1.165) is 19.4 Å². The summed E-state index contributed by atoms with van der Waals surface area (Å²) in [4.78, 5) is 22.7. The fraction of sp³-hybridized carbons (Fsp3) is 0.833. The molecule has 0 aliphatic carbocycles. The average Bonchev–Trinajstić information content (AvgIpc) is 2.66. The third-order valence-electron chi connectivity index (χ3n) is 3.12. The van der Waals surface area contributed by atoms with Crippen molar-refractivity contribution in [3.8, 4) is 0 Å². The Morgan fingerprint density at radius 3 is 2.53 bits per heavy atom. The Balaban J connectivity index is 2.59. The zero-order valence-electron chi connectivity index (χ0n) is 10.7. The topological polar surface area (TPSA) is 78.4 Å². The van der Waals surface area contributed by atoms with Crippen molar-refractivity contribution in [1.29, 1.82) is 0 Å². The molecule has 1 amide bonds. The fourth-order valence-corrected chi connectivity index (χ4v) is 1.93. The van der Waals surface area contributed by atoms with Gasteiger partial charge in [-0.1, -0.05) is 20.8 Å². The molecule has 1 aliphatic heterocycles. The van der Waals surface area contributed by atoms with E-state index in [9.17, 15) is 9.59 Å². The molecule has 1 rings (SSSR count). The Labute approximate surface area is 102 Å². The van der Waals surface area contributed by atoms with Crippen LogP contribution in [0.25, 0.3) is 0 Å². The van der Waals surface area contributed by atoms with Crippen LogP contribution in [0.4, 0.5) is 0 Å². The van der Waals surface area contributed by atoms with E-state index in [2.05, 4.69) is 10.6 Å². The molecule has 5 nitrogen and oxygen atoms in total. The summed E-state index contributed by atoms with van der Waals surface area (Å²) in [5.74, 6) is -0.965. The highest BCUT2D eigenvalue weighted by Crippen LogP contribution is 2.22. The zero-order chi connectivity index (χ0) is 13.1.